The van der Waals surface area contributed by atoms with Crippen LogP contribution in [0.4, 0.5) is 0 Å². The van der Waals surface area contributed by atoms with Crippen molar-refractivity contribution in [2.24, 2.45) is 11.8 Å². The highest BCUT2D eigenvalue weighted by Gasteiger charge is 2.42. The summed E-state index contributed by atoms with van der Waals surface area (Å²) in [5, 5.41) is 3.46. The Hall–Kier alpha value is -0.0800. The van der Waals surface area contributed by atoms with Gasteiger partial charge < -0.3 is 10.1 Å². The normalized spacial score (nSPS) is 34.4. The molecule has 0 radical (unpaired) electrons. The molecule has 3 unspecified atom stereocenters. The van der Waals surface area contributed by atoms with Crippen molar-refractivity contribution in [1.82, 2.24) is 5.32 Å². The van der Waals surface area contributed by atoms with Gasteiger partial charge in [0.15, 0.2) is 0 Å². The van der Waals surface area contributed by atoms with E-state index in [1.54, 1.807) is 0 Å². The van der Waals surface area contributed by atoms with E-state index in [2.05, 4.69) is 33.1 Å². The third-order valence-corrected chi connectivity index (χ3v) is 3.94. The van der Waals surface area contributed by atoms with Crippen molar-refractivity contribution in [2.75, 3.05) is 14.2 Å². The Morgan fingerprint density at radius 2 is 2.07 bits per heavy atom. The summed E-state index contributed by atoms with van der Waals surface area (Å²) in [4.78, 5) is 0. The van der Waals surface area contributed by atoms with Gasteiger partial charge in [-0.2, -0.15) is 0 Å². The second kappa shape index (κ2) is 5.31. The molecule has 0 aliphatic heterocycles. The highest BCUT2D eigenvalue weighted by Crippen LogP contribution is 2.39. The minimum Gasteiger partial charge on any atom is -0.377 e. The molecule has 3 atom stereocenters. The smallest absolute Gasteiger partial charge is 0.0835 e. The van der Waals surface area contributed by atoms with E-state index in [1.807, 2.05) is 7.11 Å². The SMILES string of the molecule is CNC(C(C)C)C1(OC)CCCC(C)C1. The molecule has 15 heavy (non-hydrogen) atoms. The van der Waals surface area contributed by atoms with Crippen LogP contribution in [-0.2, 0) is 4.74 Å². The zero-order chi connectivity index (χ0) is 11.5. The molecule has 2 heteroatoms. The van der Waals surface area contributed by atoms with E-state index in [0.717, 1.165) is 5.92 Å². The number of hydrogen-bond donors (Lipinski definition) is 1. The van der Waals surface area contributed by atoms with Crippen molar-refractivity contribution in [3.05, 3.63) is 0 Å². The van der Waals surface area contributed by atoms with Crippen LogP contribution in [0.2, 0.25) is 0 Å². The molecular formula is C13H27NO. The van der Waals surface area contributed by atoms with Gasteiger partial charge in [-0.25, -0.2) is 0 Å². The highest BCUT2D eigenvalue weighted by molar-refractivity contribution is 4.97. The molecule has 0 aromatic heterocycles. The molecule has 1 rings (SSSR count). The highest BCUT2D eigenvalue weighted by atomic mass is 16.5. The Morgan fingerprint density at radius 1 is 1.40 bits per heavy atom. The Labute approximate surface area is 94.8 Å². The molecule has 1 saturated carbocycles. The second-order valence-corrected chi connectivity index (χ2v) is 5.48. The first-order valence-electron chi connectivity index (χ1n) is 6.28. The van der Waals surface area contributed by atoms with Crippen molar-refractivity contribution in [3.63, 3.8) is 0 Å². The van der Waals surface area contributed by atoms with Crippen LogP contribution in [0.15, 0.2) is 0 Å². The fourth-order valence-electron chi connectivity index (χ4n) is 3.34. The lowest BCUT2D eigenvalue weighted by molar-refractivity contribution is -0.0876. The Bertz CT molecular complexity index is 193. The van der Waals surface area contributed by atoms with Crippen molar-refractivity contribution < 1.29 is 4.74 Å². The summed E-state index contributed by atoms with van der Waals surface area (Å²) in [7, 11) is 3.94. The molecular weight excluding hydrogens is 186 g/mol. The average Bonchev–Trinajstić information content (AvgIpc) is 2.18. The average molecular weight is 213 g/mol. The van der Waals surface area contributed by atoms with Gasteiger partial charge in [-0.05, 0) is 31.7 Å². The van der Waals surface area contributed by atoms with E-state index in [4.69, 9.17) is 4.74 Å². The van der Waals surface area contributed by atoms with Gasteiger partial charge in [0.25, 0.3) is 0 Å². The lowest BCUT2D eigenvalue weighted by Crippen LogP contribution is -2.55. The Morgan fingerprint density at radius 3 is 2.47 bits per heavy atom. The Balaban J connectivity index is 2.81. The summed E-state index contributed by atoms with van der Waals surface area (Å²) < 4.78 is 5.90. The first-order valence-corrected chi connectivity index (χ1v) is 6.28. The van der Waals surface area contributed by atoms with Gasteiger partial charge in [0.1, 0.15) is 0 Å². The van der Waals surface area contributed by atoms with Gasteiger partial charge in [-0.3, -0.25) is 0 Å². The van der Waals surface area contributed by atoms with Crippen LogP contribution >= 0.6 is 0 Å². The monoisotopic (exact) mass is 213 g/mol. The first kappa shape index (κ1) is 13.0. The van der Waals surface area contributed by atoms with Gasteiger partial charge in [0, 0.05) is 13.2 Å². The molecule has 0 heterocycles. The number of likely N-dealkylation sites (N-methyl/N-ethyl adjacent to an activating group) is 1. The summed E-state index contributed by atoms with van der Waals surface area (Å²) in [6.45, 7) is 6.91. The molecule has 0 aromatic carbocycles. The molecule has 2 nitrogen and oxygen atoms in total. The van der Waals surface area contributed by atoms with E-state index in [0.29, 0.717) is 12.0 Å². The van der Waals surface area contributed by atoms with Crippen LogP contribution < -0.4 is 5.32 Å². The molecule has 0 spiro atoms. The topological polar surface area (TPSA) is 21.3 Å². The van der Waals surface area contributed by atoms with Gasteiger partial charge in [-0.1, -0.05) is 33.6 Å². The second-order valence-electron chi connectivity index (χ2n) is 5.48. The summed E-state index contributed by atoms with van der Waals surface area (Å²) in [6.07, 6.45) is 5.07. The van der Waals surface area contributed by atoms with Crippen LogP contribution in [0.1, 0.15) is 46.5 Å². The third kappa shape index (κ3) is 2.73. The van der Waals surface area contributed by atoms with Crippen LogP contribution in [0.5, 0.6) is 0 Å². The van der Waals surface area contributed by atoms with Crippen molar-refractivity contribution in [1.29, 1.82) is 0 Å². The molecule has 0 saturated heterocycles. The van der Waals surface area contributed by atoms with Crippen molar-refractivity contribution in [2.45, 2.75) is 58.1 Å². The van der Waals surface area contributed by atoms with Crippen LogP contribution in [0.3, 0.4) is 0 Å². The zero-order valence-corrected chi connectivity index (χ0v) is 11.0. The van der Waals surface area contributed by atoms with Crippen LogP contribution in [-0.4, -0.2) is 25.8 Å². The van der Waals surface area contributed by atoms with Gasteiger partial charge in [0.2, 0.25) is 0 Å². The molecule has 0 aromatic rings. The number of nitrogens with one attached hydrogen (secondary N) is 1. The van der Waals surface area contributed by atoms with E-state index in [1.165, 1.54) is 25.7 Å². The molecule has 0 bridgehead atoms. The number of ether oxygens (including phenoxy) is 1. The summed E-state index contributed by atoms with van der Waals surface area (Å²) in [6, 6.07) is 0.477. The van der Waals surface area contributed by atoms with E-state index in [-0.39, 0.29) is 5.60 Å². The zero-order valence-electron chi connectivity index (χ0n) is 11.0. The van der Waals surface area contributed by atoms with Gasteiger partial charge >= 0.3 is 0 Å². The van der Waals surface area contributed by atoms with Gasteiger partial charge in [-0.15, -0.1) is 0 Å². The lowest BCUT2D eigenvalue weighted by Gasteiger charge is -2.46. The Kier molecular flexibility index (Phi) is 4.60. The largest absolute Gasteiger partial charge is 0.377 e. The maximum absolute atomic E-state index is 5.90. The summed E-state index contributed by atoms with van der Waals surface area (Å²) in [5.41, 5.74) is 0.0700. The maximum atomic E-state index is 5.90. The first-order chi connectivity index (χ1) is 7.05. The fraction of sp³-hybridized carbons (Fsp3) is 1.00. The van der Waals surface area contributed by atoms with Crippen molar-refractivity contribution in [3.8, 4) is 0 Å². The van der Waals surface area contributed by atoms with Crippen LogP contribution in [0, 0.1) is 11.8 Å². The summed E-state index contributed by atoms with van der Waals surface area (Å²) in [5.74, 6) is 1.42. The third-order valence-electron chi connectivity index (χ3n) is 3.94. The lowest BCUT2D eigenvalue weighted by atomic mass is 9.71. The van der Waals surface area contributed by atoms with E-state index < -0.39 is 0 Å². The predicted octanol–water partition coefficient (Wildman–Crippen LogP) is 2.83. The quantitative estimate of drug-likeness (QED) is 0.775. The number of methoxy groups -OCH3 is 1. The molecule has 0 amide bonds. The summed E-state index contributed by atoms with van der Waals surface area (Å²) >= 11 is 0. The minimum atomic E-state index is 0.0700. The molecule has 1 aliphatic carbocycles. The molecule has 1 fully saturated rings. The van der Waals surface area contributed by atoms with Crippen LogP contribution in [0.25, 0.3) is 0 Å². The minimum absolute atomic E-state index is 0.0700. The van der Waals surface area contributed by atoms with Crippen molar-refractivity contribution >= 4 is 0 Å². The van der Waals surface area contributed by atoms with E-state index >= 15 is 0 Å². The molecule has 1 aliphatic rings. The van der Waals surface area contributed by atoms with E-state index in [9.17, 15) is 0 Å². The maximum Gasteiger partial charge on any atom is 0.0835 e. The standard InChI is InChI=1S/C13H27NO/c1-10(2)12(14-4)13(15-5)8-6-7-11(3)9-13/h10-12,14H,6-9H2,1-5H3. The number of hydrogen-bond acceptors (Lipinski definition) is 2. The van der Waals surface area contributed by atoms with Gasteiger partial charge in [0.05, 0.1) is 5.60 Å². The number of rotatable bonds is 4. The predicted molar refractivity (Wildman–Crippen MR) is 65.1 cm³/mol. The molecule has 90 valence electrons. The molecule has 1 N–H and O–H groups in total. The fourth-order valence-corrected chi connectivity index (χ4v) is 3.34.